The molecule has 0 fully saturated rings. The zero-order valence-corrected chi connectivity index (χ0v) is 19.0. The molecule has 0 spiro atoms. The van der Waals surface area contributed by atoms with E-state index in [0.29, 0.717) is 5.69 Å². The van der Waals surface area contributed by atoms with Gasteiger partial charge in [-0.15, -0.1) is 0 Å². The summed E-state index contributed by atoms with van der Waals surface area (Å²) in [6, 6.07) is 25.3. The second kappa shape index (κ2) is 10.3. The molecule has 0 radical (unpaired) electrons. The Balaban J connectivity index is 1.81. The fourth-order valence-electron chi connectivity index (χ4n) is 3.57. The molecule has 1 heterocycles. The number of nitro groups is 1. The number of hydrazine groups is 1. The number of aromatic nitrogens is 2. The maximum absolute atomic E-state index is 12.3. The molecule has 0 saturated carbocycles. The summed E-state index contributed by atoms with van der Waals surface area (Å²) in [5.41, 5.74) is 4.86. The molecule has 1 N–H and O–H groups in total. The largest absolute Gasteiger partial charge is 0.465 e. The lowest BCUT2D eigenvalue weighted by Gasteiger charge is -2.26. The van der Waals surface area contributed by atoms with Gasteiger partial charge in [0.2, 0.25) is 11.6 Å². The molecule has 3 aromatic carbocycles. The zero-order chi connectivity index (χ0) is 24.8. The number of ether oxygens (including phenoxy) is 1. The minimum Gasteiger partial charge on any atom is -0.465 e. The Morgan fingerprint density at radius 3 is 2.06 bits per heavy atom. The predicted molar refractivity (Wildman–Crippen MR) is 133 cm³/mol. The molecule has 0 unspecified atom stereocenters. The van der Waals surface area contributed by atoms with Gasteiger partial charge in [0.1, 0.15) is 6.33 Å². The molecule has 0 aliphatic carbocycles. The van der Waals surface area contributed by atoms with Crippen molar-refractivity contribution in [2.24, 2.45) is 0 Å². The summed E-state index contributed by atoms with van der Waals surface area (Å²) in [6.45, 7) is 0. The molecule has 4 rings (SSSR count). The van der Waals surface area contributed by atoms with Crippen LogP contribution in [-0.4, -0.2) is 35.0 Å². The van der Waals surface area contributed by atoms with E-state index in [4.69, 9.17) is 4.74 Å². The van der Waals surface area contributed by atoms with E-state index < -0.39 is 10.9 Å². The molecular formula is C25H22N6O4. The summed E-state index contributed by atoms with van der Waals surface area (Å²) in [5, 5.41) is 14.0. The van der Waals surface area contributed by atoms with E-state index in [1.807, 2.05) is 60.7 Å². The second-order valence-corrected chi connectivity index (χ2v) is 7.34. The Labute approximate surface area is 201 Å². The molecule has 0 saturated heterocycles. The highest BCUT2D eigenvalue weighted by Crippen LogP contribution is 2.37. The number of carbonyl (C=O) groups excluding carboxylic acids is 1. The number of nitrogens with one attached hydrogen (secondary N) is 1. The first-order valence-electron chi connectivity index (χ1n) is 10.6. The van der Waals surface area contributed by atoms with Gasteiger partial charge in [0.15, 0.2) is 0 Å². The van der Waals surface area contributed by atoms with Crippen LogP contribution in [-0.2, 0) is 4.74 Å². The van der Waals surface area contributed by atoms with Crippen molar-refractivity contribution >= 4 is 40.4 Å². The molecule has 0 aliphatic heterocycles. The number of hydrogen-bond acceptors (Lipinski definition) is 9. The molecule has 176 valence electrons. The van der Waals surface area contributed by atoms with E-state index >= 15 is 0 Å². The molecular weight excluding hydrogens is 448 g/mol. The molecule has 0 bridgehead atoms. The van der Waals surface area contributed by atoms with Crippen molar-refractivity contribution in [1.29, 1.82) is 0 Å². The number of rotatable bonds is 8. The molecule has 35 heavy (non-hydrogen) atoms. The van der Waals surface area contributed by atoms with Crippen LogP contribution in [0.4, 0.5) is 34.4 Å². The van der Waals surface area contributed by atoms with E-state index in [1.54, 1.807) is 36.3 Å². The van der Waals surface area contributed by atoms with Crippen molar-refractivity contribution in [1.82, 2.24) is 9.97 Å². The van der Waals surface area contributed by atoms with Gasteiger partial charge in [-0.05, 0) is 36.4 Å². The molecule has 0 aliphatic rings. The van der Waals surface area contributed by atoms with Crippen molar-refractivity contribution in [3.63, 3.8) is 0 Å². The SMILES string of the molecule is COC(=O)c1ccccc1N(C)c1ncnc(NN(c2ccccc2)c2ccccc2)c1[N+](=O)[O-]. The lowest BCUT2D eigenvalue weighted by Crippen LogP contribution is -2.26. The number of para-hydroxylation sites is 3. The second-order valence-electron chi connectivity index (χ2n) is 7.34. The number of methoxy groups -OCH3 is 1. The van der Waals surface area contributed by atoms with Crippen molar-refractivity contribution in [3.05, 3.63) is 107 Å². The third kappa shape index (κ3) is 4.86. The van der Waals surface area contributed by atoms with Crippen LogP contribution >= 0.6 is 0 Å². The number of nitrogens with zero attached hydrogens (tertiary/aromatic N) is 5. The molecule has 4 aromatic rings. The zero-order valence-electron chi connectivity index (χ0n) is 19.0. The first-order chi connectivity index (χ1) is 17.0. The molecule has 0 amide bonds. The Bertz CT molecular complexity index is 1290. The summed E-state index contributed by atoms with van der Waals surface area (Å²) in [5.74, 6) is -0.582. The maximum atomic E-state index is 12.3. The average molecular weight is 470 g/mol. The number of esters is 1. The maximum Gasteiger partial charge on any atom is 0.355 e. The average Bonchev–Trinajstić information content (AvgIpc) is 2.91. The van der Waals surface area contributed by atoms with E-state index in [-0.39, 0.29) is 22.9 Å². The Morgan fingerprint density at radius 1 is 0.914 bits per heavy atom. The highest BCUT2D eigenvalue weighted by Gasteiger charge is 2.29. The minimum atomic E-state index is -0.568. The monoisotopic (exact) mass is 470 g/mol. The van der Waals surface area contributed by atoms with E-state index in [1.165, 1.54) is 18.3 Å². The Morgan fingerprint density at radius 2 is 1.49 bits per heavy atom. The van der Waals surface area contributed by atoms with Gasteiger partial charge in [0, 0.05) is 7.05 Å². The van der Waals surface area contributed by atoms with Gasteiger partial charge in [-0.2, -0.15) is 0 Å². The molecule has 1 aromatic heterocycles. The van der Waals surface area contributed by atoms with E-state index in [2.05, 4.69) is 15.4 Å². The quantitative estimate of drug-likeness (QED) is 0.213. The lowest BCUT2D eigenvalue weighted by atomic mass is 10.1. The van der Waals surface area contributed by atoms with E-state index in [9.17, 15) is 14.9 Å². The van der Waals surface area contributed by atoms with Crippen LogP contribution < -0.4 is 15.3 Å². The lowest BCUT2D eigenvalue weighted by molar-refractivity contribution is -0.383. The van der Waals surface area contributed by atoms with Crippen molar-refractivity contribution in [2.45, 2.75) is 0 Å². The third-order valence-corrected chi connectivity index (χ3v) is 5.22. The van der Waals surface area contributed by atoms with Crippen molar-refractivity contribution in [3.8, 4) is 0 Å². The van der Waals surface area contributed by atoms with Gasteiger partial charge >= 0.3 is 11.7 Å². The van der Waals surface area contributed by atoms with Crippen molar-refractivity contribution < 1.29 is 14.5 Å². The third-order valence-electron chi connectivity index (χ3n) is 5.22. The number of carbonyl (C=O) groups is 1. The van der Waals surface area contributed by atoms with E-state index in [0.717, 1.165) is 11.4 Å². The van der Waals surface area contributed by atoms with Crippen LogP contribution in [0.2, 0.25) is 0 Å². The van der Waals surface area contributed by atoms with Crippen LogP contribution in [0, 0.1) is 10.1 Å². The molecule has 10 heteroatoms. The highest BCUT2D eigenvalue weighted by molar-refractivity contribution is 5.97. The summed E-state index contributed by atoms with van der Waals surface area (Å²) in [6.07, 6.45) is 1.23. The van der Waals surface area contributed by atoms with Crippen LogP contribution in [0.3, 0.4) is 0 Å². The van der Waals surface area contributed by atoms with Gasteiger partial charge in [0.25, 0.3) is 0 Å². The fourth-order valence-corrected chi connectivity index (χ4v) is 3.57. The summed E-state index contributed by atoms with van der Waals surface area (Å²) >= 11 is 0. The van der Waals surface area contributed by atoms with Gasteiger partial charge < -0.3 is 9.64 Å². The van der Waals surface area contributed by atoms with Gasteiger partial charge in [-0.25, -0.2) is 14.8 Å². The van der Waals surface area contributed by atoms with Gasteiger partial charge in [-0.3, -0.25) is 20.5 Å². The standard InChI is InChI=1S/C25H22N6O4/c1-29(21-16-10-9-15-20(21)25(32)35-2)24-22(31(33)34)23(26-17-27-24)28-30(18-11-5-3-6-12-18)19-13-7-4-8-14-19/h3-17H,1-2H3,(H,26,27,28). The molecule has 10 nitrogen and oxygen atoms in total. The highest BCUT2D eigenvalue weighted by atomic mass is 16.6. The van der Waals surface area contributed by atoms with Crippen molar-refractivity contribution in [2.75, 3.05) is 29.5 Å². The van der Waals surface area contributed by atoms with Crippen LogP contribution in [0.25, 0.3) is 0 Å². The Kier molecular flexibility index (Phi) is 6.82. The predicted octanol–water partition coefficient (Wildman–Crippen LogP) is 5.10. The van der Waals surface area contributed by atoms with Crippen LogP contribution in [0.15, 0.2) is 91.3 Å². The number of anilines is 5. The first kappa shape index (κ1) is 23.2. The summed E-state index contributed by atoms with van der Waals surface area (Å²) < 4.78 is 4.86. The topological polar surface area (TPSA) is 114 Å². The molecule has 0 atom stereocenters. The fraction of sp³-hybridized carbons (Fsp3) is 0.0800. The van der Waals surface area contributed by atoms with Gasteiger partial charge in [0.05, 0.1) is 34.7 Å². The minimum absolute atomic E-state index is 0.00456. The normalized spacial score (nSPS) is 10.3. The van der Waals surface area contributed by atoms with Crippen LogP contribution in [0.5, 0.6) is 0 Å². The Hall–Kier alpha value is -4.99. The first-order valence-corrected chi connectivity index (χ1v) is 10.6. The van der Waals surface area contributed by atoms with Crippen LogP contribution in [0.1, 0.15) is 10.4 Å². The summed E-state index contributed by atoms with van der Waals surface area (Å²) in [7, 11) is 2.86. The number of hydrogen-bond donors (Lipinski definition) is 1. The summed E-state index contributed by atoms with van der Waals surface area (Å²) in [4.78, 5) is 33.8. The van der Waals surface area contributed by atoms with Gasteiger partial charge in [-0.1, -0.05) is 48.5 Å². The smallest absolute Gasteiger partial charge is 0.355 e. The number of benzene rings is 3.